The lowest BCUT2D eigenvalue weighted by Crippen LogP contribution is -2.48. The molecule has 2 aliphatic rings. The highest BCUT2D eigenvalue weighted by molar-refractivity contribution is 6.73. The fourth-order valence-corrected chi connectivity index (χ4v) is 8.15. The number of allylic oxidation sites excluding steroid dienone is 2. The van der Waals surface area contributed by atoms with Crippen molar-refractivity contribution in [1.29, 1.82) is 0 Å². The first-order chi connectivity index (χ1) is 11.0. The minimum Gasteiger partial charge on any atom is -0.414 e. The molecule has 0 N–H and O–H groups in total. The third-order valence-corrected chi connectivity index (χ3v) is 11.7. The van der Waals surface area contributed by atoms with Crippen LogP contribution in [0.3, 0.4) is 0 Å². The van der Waals surface area contributed by atoms with Crippen LogP contribution in [0.1, 0.15) is 66.7 Å². The number of fused-ring (bicyclic) bond motifs is 1. The predicted molar refractivity (Wildman–Crippen MR) is 100 cm³/mol. The van der Waals surface area contributed by atoms with Crippen LogP contribution >= 0.6 is 0 Å². The second-order valence-electron chi connectivity index (χ2n) is 8.01. The van der Waals surface area contributed by atoms with Crippen molar-refractivity contribution in [3.63, 3.8) is 0 Å². The van der Waals surface area contributed by atoms with E-state index in [0.717, 1.165) is 12.7 Å². The highest BCUT2D eigenvalue weighted by Gasteiger charge is 2.50. The fraction of sp³-hybridized carbons (Fsp3) is 0.850. The highest BCUT2D eigenvalue weighted by atomic mass is 28.4. The van der Waals surface area contributed by atoms with Gasteiger partial charge in [-0.2, -0.15) is 0 Å². The molecule has 23 heavy (non-hydrogen) atoms. The molecule has 3 heteroatoms. The van der Waals surface area contributed by atoms with Crippen LogP contribution in [-0.2, 0) is 9.22 Å². The molecule has 0 heterocycles. The average molecular weight is 337 g/mol. The Bertz CT molecular complexity index is 433. The van der Waals surface area contributed by atoms with Crippen molar-refractivity contribution in [3.8, 4) is 0 Å². The lowest BCUT2D eigenvalue weighted by molar-refractivity contribution is -0.108. The van der Waals surface area contributed by atoms with Gasteiger partial charge < -0.3 is 9.22 Å². The lowest BCUT2D eigenvalue weighted by atomic mass is 9.63. The van der Waals surface area contributed by atoms with Crippen molar-refractivity contribution in [2.75, 3.05) is 0 Å². The summed E-state index contributed by atoms with van der Waals surface area (Å²) in [5.74, 6) is 1.03. The van der Waals surface area contributed by atoms with E-state index >= 15 is 0 Å². The van der Waals surface area contributed by atoms with E-state index in [4.69, 9.17) is 4.43 Å². The number of aldehydes is 1. The number of rotatable bonds is 8. The van der Waals surface area contributed by atoms with E-state index in [2.05, 4.69) is 40.7 Å². The third-order valence-electron chi connectivity index (χ3n) is 7.02. The first kappa shape index (κ1) is 18.9. The molecule has 0 bridgehead atoms. The maximum absolute atomic E-state index is 11.0. The van der Waals surface area contributed by atoms with Gasteiger partial charge in [-0.15, -0.1) is 0 Å². The topological polar surface area (TPSA) is 26.3 Å². The molecule has 0 saturated heterocycles. The monoisotopic (exact) mass is 336 g/mol. The van der Waals surface area contributed by atoms with Gasteiger partial charge in [0.1, 0.15) is 6.29 Å². The molecule has 2 aliphatic carbocycles. The molecule has 0 aliphatic heterocycles. The van der Waals surface area contributed by atoms with E-state index in [-0.39, 0.29) is 5.41 Å². The minimum atomic E-state index is -1.54. The molecule has 2 nitrogen and oxygen atoms in total. The van der Waals surface area contributed by atoms with E-state index in [0.29, 0.717) is 24.4 Å². The van der Waals surface area contributed by atoms with E-state index in [1.165, 1.54) is 37.4 Å². The Kier molecular flexibility index (Phi) is 6.29. The number of hydrogen-bond donors (Lipinski definition) is 0. The molecule has 0 aromatic rings. The van der Waals surface area contributed by atoms with Crippen molar-refractivity contribution < 1.29 is 9.22 Å². The second kappa shape index (κ2) is 7.65. The van der Waals surface area contributed by atoms with Crippen LogP contribution in [0.2, 0.25) is 18.1 Å². The van der Waals surface area contributed by atoms with Gasteiger partial charge in [0.15, 0.2) is 8.32 Å². The van der Waals surface area contributed by atoms with Crippen molar-refractivity contribution in [3.05, 3.63) is 11.6 Å². The number of hydrogen-bond acceptors (Lipinski definition) is 2. The van der Waals surface area contributed by atoms with Crippen molar-refractivity contribution >= 4 is 14.6 Å². The quantitative estimate of drug-likeness (QED) is 0.321. The summed E-state index contributed by atoms with van der Waals surface area (Å²) in [5, 5.41) is 0. The van der Waals surface area contributed by atoms with Gasteiger partial charge >= 0.3 is 0 Å². The van der Waals surface area contributed by atoms with Gasteiger partial charge in [0.25, 0.3) is 0 Å². The van der Waals surface area contributed by atoms with Gasteiger partial charge in [0, 0.05) is 12.5 Å². The maximum Gasteiger partial charge on any atom is 0.192 e. The van der Waals surface area contributed by atoms with Crippen LogP contribution in [0.5, 0.6) is 0 Å². The van der Waals surface area contributed by atoms with Gasteiger partial charge in [-0.3, -0.25) is 0 Å². The van der Waals surface area contributed by atoms with Crippen LogP contribution in [0.25, 0.3) is 0 Å². The van der Waals surface area contributed by atoms with Crippen LogP contribution < -0.4 is 0 Å². The zero-order valence-electron chi connectivity index (χ0n) is 15.9. The highest BCUT2D eigenvalue weighted by Crippen LogP contribution is 2.56. The van der Waals surface area contributed by atoms with Crippen LogP contribution in [-0.4, -0.2) is 20.7 Å². The van der Waals surface area contributed by atoms with E-state index in [9.17, 15) is 4.79 Å². The third kappa shape index (κ3) is 3.51. The summed E-state index contributed by atoms with van der Waals surface area (Å²) in [6, 6.07) is 3.71. The predicted octanol–water partition coefficient (Wildman–Crippen LogP) is 5.74. The molecule has 0 amide bonds. The molecule has 0 radical (unpaired) electrons. The summed E-state index contributed by atoms with van der Waals surface area (Å²) >= 11 is 0. The SMILES string of the molecule is CC[Si](CC)(CC)OC1CCCC2(C)C(C(C)CC=O)=CC[C@@H]12. The molecule has 0 aromatic heterocycles. The Morgan fingerprint density at radius 1 is 1.35 bits per heavy atom. The zero-order chi connectivity index (χ0) is 17.1. The first-order valence-electron chi connectivity index (χ1n) is 9.78. The summed E-state index contributed by atoms with van der Waals surface area (Å²) in [6.07, 6.45) is 9.57. The summed E-state index contributed by atoms with van der Waals surface area (Å²) in [7, 11) is -1.54. The van der Waals surface area contributed by atoms with Gasteiger partial charge in [-0.25, -0.2) is 0 Å². The van der Waals surface area contributed by atoms with Crippen LogP contribution in [0.4, 0.5) is 0 Å². The molecule has 0 aromatic carbocycles. The Labute approximate surface area is 144 Å². The van der Waals surface area contributed by atoms with Gasteiger partial charge in [-0.05, 0) is 54.6 Å². The lowest BCUT2D eigenvalue weighted by Gasteiger charge is -2.47. The maximum atomic E-state index is 11.0. The van der Waals surface area contributed by atoms with Crippen LogP contribution in [0, 0.1) is 17.3 Å². The van der Waals surface area contributed by atoms with Gasteiger partial charge in [0.05, 0.1) is 0 Å². The largest absolute Gasteiger partial charge is 0.414 e. The molecule has 1 fully saturated rings. The Morgan fingerprint density at radius 2 is 2.00 bits per heavy atom. The smallest absolute Gasteiger partial charge is 0.192 e. The van der Waals surface area contributed by atoms with E-state index in [1.807, 2.05) is 0 Å². The van der Waals surface area contributed by atoms with Crippen molar-refractivity contribution in [1.82, 2.24) is 0 Å². The van der Waals surface area contributed by atoms with E-state index < -0.39 is 8.32 Å². The average Bonchev–Trinajstić information content (AvgIpc) is 2.91. The summed E-state index contributed by atoms with van der Waals surface area (Å²) in [6.45, 7) is 11.6. The van der Waals surface area contributed by atoms with E-state index in [1.54, 1.807) is 5.57 Å². The minimum absolute atomic E-state index is 0.265. The Morgan fingerprint density at radius 3 is 2.57 bits per heavy atom. The fourth-order valence-electron chi connectivity index (χ4n) is 5.22. The molecule has 0 spiro atoms. The second-order valence-corrected chi connectivity index (χ2v) is 12.7. The zero-order valence-corrected chi connectivity index (χ0v) is 16.9. The summed E-state index contributed by atoms with van der Waals surface area (Å²) in [4.78, 5) is 11.0. The molecule has 4 atom stereocenters. The molecular formula is C20H36O2Si. The standard InChI is InChI=1S/C20H36O2Si/c1-6-23(7-2,8-3)22-19-10-9-14-20(5)17(11-12-18(19)20)16(4)13-15-21/h11,15-16,18-19H,6-10,12-14H2,1-5H3/t16?,18-,19?,20?/m0/s1. The number of carbonyl (C=O) groups is 1. The van der Waals surface area contributed by atoms with Crippen molar-refractivity contribution in [2.45, 2.75) is 91.0 Å². The summed E-state index contributed by atoms with van der Waals surface area (Å²) in [5.41, 5.74) is 1.81. The molecule has 2 rings (SSSR count). The molecule has 132 valence electrons. The summed E-state index contributed by atoms with van der Waals surface area (Å²) < 4.78 is 6.93. The molecular weight excluding hydrogens is 300 g/mol. The first-order valence-corrected chi connectivity index (χ1v) is 12.3. The Hall–Kier alpha value is -0.413. The normalized spacial score (nSPS) is 32.3. The molecule has 3 unspecified atom stereocenters. The molecule has 1 saturated carbocycles. The van der Waals surface area contributed by atoms with Crippen molar-refractivity contribution in [2.24, 2.45) is 17.3 Å². The Balaban J connectivity index is 2.17. The van der Waals surface area contributed by atoms with Gasteiger partial charge in [0.2, 0.25) is 0 Å². The number of carbonyl (C=O) groups excluding carboxylic acids is 1. The van der Waals surface area contributed by atoms with Crippen LogP contribution in [0.15, 0.2) is 11.6 Å². The van der Waals surface area contributed by atoms with Gasteiger partial charge in [-0.1, -0.05) is 52.7 Å².